The molecule has 2 saturated heterocycles. The Bertz CT molecular complexity index is 919. The number of nitrogens with one attached hydrogen (secondary N) is 1. The third-order valence-corrected chi connectivity index (χ3v) is 8.07. The second kappa shape index (κ2) is 10.2. The van der Waals surface area contributed by atoms with E-state index < -0.39 is 16.9 Å². The average molecular weight is 492 g/mol. The highest BCUT2D eigenvalue weighted by molar-refractivity contribution is 6.30. The van der Waals surface area contributed by atoms with E-state index in [1.165, 1.54) is 6.92 Å². The zero-order valence-corrected chi connectivity index (χ0v) is 21.7. The summed E-state index contributed by atoms with van der Waals surface area (Å²) in [5.41, 5.74) is -0.838. The summed E-state index contributed by atoms with van der Waals surface area (Å²) in [4.78, 5) is 41.3. The summed E-state index contributed by atoms with van der Waals surface area (Å²) in [6.45, 7) is 10.7. The molecule has 188 valence electrons. The molecule has 2 aliphatic rings. The number of carbonyl (C=O) groups excluding carboxylic acids is 3. The number of nitrogens with zero attached hydrogens (tertiary/aromatic N) is 2. The van der Waals surface area contributed by atoms with Crippen molar-refractivity contribution in [3.05, 3.63) is 34.9 Å². The van der Waals surface area contributed by atoms with Crippen LogP contribution in [-0.4, -0.2) is 64.3 Å². The molecular weight excluding hydrogens is 454 g/mol. The first-order chi connectivity index (χ1) is 15.9. The Labute approximate surface area is 207 Å². The highest BCUT2D eigenvalue weighted by Gasteiger charge is 2.50. The summed E-state index contributed by atoms with van der Waals surface area (Å²) in [6.07, 6.45) is 2.42. The minimum Gasteiger partial charge on any atom is -0.384 e. The minimum absolute atomic E-state index is 0.00170. The molecule has 2 unspecified atom stereocenters. The summed E-state index contributed by atoms with van der Waals surface area (Å²) >= 11 is 6.02. The summed E-state index contributed by atoms with van der Waals surface area (Å²) in [7, 11) is 0. The standard InChI is InChI=1S/C26H38ClN3O4/c1-17(18(2)28-23(32)15-22-7-6-13-30(22)19(3)31)24(33)29-14-12-26(34,25(4,5)16-29)20-8-10-21(27)11-9-20/h8-11,17-18,22,34H,6-7,12-16H2,1-5H3,(H,28,32)/t17-,18?,22?,26+/m1/s1. The Morgan fingerprint density at radius 2 is 1.82 bits per heavy atom. The van der Waals surface area contributed by atoms with Gasteiger partial charge in [-0.15, -0.1) is 0 Å². The Balaban J connectivity index is 1.59. The molecule has 1 aromatic carbocycles. The van der Waals surface area contributed by atoms with Gasteiger partial charge in [0.25, 0.3) is 0 Å². The first kappa shape index (κ1) is 26.5. The fraction of sp³-hybridized carbons (Fsp3) is 0.654. The van der Waals surface area contributed by atoms with Crippen molar-refractivity contribution in [2.75, 3.05) is 19.6 Å². The molecule has 0 aliphatic carbocycles. The van der Waals surface area contributed by atoms with E-state index in [1.807, 2.05) is 39.8 Å². The fourth-order valence-electron chi connectivity index (χ4n) is 5.39. The second-order valence-electron chi connectivity index (χ2n) is 10.6. The van der Waals surface area contributed by atoms with Gasteiger partial charge >= 0.3 is 0 Å². The van der Waals surface area contributed by atoms with Crippen molar-refractivity contribution < 1.29 is 19.5 Å². The topological polar surface area (TPSA) is 90.0 Å². The lowest BCUT2D eigenvalue weighted by atomic mass is 9.66. The maximum absolute atomic E-state index is 13.3. The first-order valence-corrected chi connectivity index (χ1v) is 12.6. The van der Waals surface area contributed by atoms with Gasteiger partial charge in [0.1, 0.15) is 0 Å². The molecule has 3 rings (SSSR count). The van der Waals surface area contributed by atoms with Crippen molar-refractivity contribution >= 4 is 29.3 Å². The van der Waals surface area contributed by atoms with E-state index in [9.17, 15) is 19.5 Å². The fourth-order valence-corrected chi connectivity index (χ4v) is 5.51. The number of carbonyl (C=O) groups is 3. The van der Waals surface area contributed by atoms with Crippen molar-refractivity contribution in [2.24, 2.45) is 11.3 Å². The monoisotopic (exact) mass is 491 g/mol. The van der Waals surface area contributed by atoms with Crippen LogP contribution in [0.3, 0.4) is 0 Å². The van der Waals surface area contributed by atoms with Gasteiger partial charge in [-0.2, -0.15) is 0 Å². The maximum Gasteiger partial charge on any atom is 0.227 e. The van der Waals surface area contributed by atoms with Crippen LogP contribution in [0.1, 0.15) is 65.9 Å². The van der Waals surface area contributed by atoms with Crippen molar-refractivity contribution in [3.8, 4) is 0 Å². The van der Waals surface area contributed by atoms with Crippen LogP contribution < -0.4 is 5.32 Å². The van der Waals surface area contributed by atoms with Crippen LogP contribution in [0.4, 0.5) is 0 Å². The molecule has 2 aliphatic heterocycles. The van der Waals surface area contributed by atoms with E-state index in [0.717, 1.165) is 18.4 Å². The summed E-state index contributed by atoms with van der Waals surface area (Å²) in [6, 6.07) is 6.84. The molecule has 4 atom stereocenters. The SMILES string of the molecule is CC(=O)N1CCCC1CC(=O)NC(C)[C@@H](C)C(=O)N1CC[C@](O)(c2ccc(Cl)cc2)C(C)(C)C1. The van der Waals surface area contributed by atoms with Crippen molar-refractivity contribution in [1.29, 1.82) is 0 Å². The molecule has 3 amide bonds. The molecule has 2 N–H and O–H groups in total. The molecule has 34 heavy (non-hydrogen) atoms. The number of piperidine rings is 1. The van der Waals surface area contributed by atoms with Crippen LogP contribution in [0.2, 0.25) is 5.02 Å². The Morgan fingerprint density at radius 3 is 2.41 bits per heavy atom. The highest BCUT2D eigenvalue weighted by Crippen LogP contribution is 2.46. The number of hydrogen-bond acceptors (Lipinski definition) is 4. The number of benzene rings is 1. The molecule has 0 saturated carbocycles. The van der Waals surface area contributed by atoms with Gasteiger partial charge in [-0.1, -0.05) is 44.5 Å². The van der Waals surface area contributed by atoms with Crippen LogP contribution in [0.5, 0.6) is 0 Å². The van der Waals surface area contributed by atoms with Gasteiger partial charge in [0.2, 0.25) is 17.7 Å². The average Bonchev–Trinajstić information content (AvgIpc) is 3.23. The third-order valence-electron chi connectivity index (χ3n) is 7.81. The van der Waals surface area contributed by atoms with E-state index in [1.54, 1.807) is 21.9 Å². The predicted molar refractivity (Wildman–Crippen MR) is 132 cm³/mol. The molecular formula is C26H38ClN3O4. The number of halogens is 1. The van der Waals surface area contributed by atoms with Crippen LogP contribution in [0.25, 0.3) is 0 Å². The van der Waals surface area contributed by atoms with Gasteiger partial charge in [0.15, 0.2) is 0 Å². The molecule has 1 aromatic rings. The summed E-state index contributed by atoms with van der Waals surface area (Å²) in [5.74, 6) is -0.584. The van der Waals surface area contributed by atoms with Gasteiger partial charge in [-0.3, -0.25) is 14.4 Å². The van der Waals surface area contributed by atoms with Gasteiger partial charge < -0.3 is 20.2 Å². The lowest BCUT2D eigenvalue weighted by molar-refractivity contribution is -0.156. The summed E-state index contributed by atoms with van der Waals surface area (Å²) in [5, 5.41) is 15.1. The quantitative estimate of drug-likeness (QED) is 0.638. The molecule has 7 nitrogen and oxygen atoms in total. The van der Waals surface area contributed by atoms with Gasteiger partial charge in [0.05, 0.1) is 11.5 Å². The zero-order valence-electron chi connectivity index (χ0n) is 20.9. The maximum atomic E-state index is 13.3. The number of aliphatic hydroxyl groups is 1. The van der Waals surface area contributed by atoms with E-state index in [-0.39, 0.29) is 36.2 Å². The molecule has 0 spiro atoms. The van der Waals surface area contributed by atoms with E-state index in [0.29, 0.717) is 31.1 Å². The number of amides is 3. The summed E-state index contributed by atoms with van der Waals surface area (Å²) < 4.78 is 0. The lowest BCUT2D eigenvalue weighted by Crippen LogP contribution is -2.58. The van der Waals surface area contributed by atoms with Crippen LogP contribution in [0, 0.1) is 11.3 Å². The third kappa shape index (κ3) is 5.41. The molecule has 0 radical (unpaired) electrons. The molecule has 8 heteroatoms. The van der Waals surface area contributed by atoms with Gasteiger partial charge in [-0.05, 0) is 43.9 Å². The first-order valence-electron chi connectivity index (χ1n) is 12.2. The number of rotatable bonds is 6. The van der Waals surface area contributed by atoms with Crippen molar-refractivity contribution in [1.82, 2.24) is 15.1 Å². The minimum atomic E-state index is -1.07. The Hall–Kier alpha value is -2.12. The predicted octanol–water partition coefficient (Wildman–Crippen LogP) is 3.33. The highest BCUT2D eigenvalue weighted by atomic mass is 35.5. The van der Waals surface area contributed by atoms with Crippen molar-refractivity contribution in [3.63, 3.8) is 0 Å². The Morgan fingerprint density at radius 1 is 1.18 bits per heavy atom. The molecule has 2 fully saturated rings. The van der Waals surface area contributed by atoms with Crippen LogP contribution in [-0.2, 0) is 20.0 Å². The molecule has 2 heterocycles. The molecule has 0 bridgehead atoms. The zero-order chi connectivity index (χ0) is 25.3. The van der Waals surface area contributed by atoms with Crippen LogP contribution in [0.15, 0.2) is 24.3 Å². The largest absolute Gasteiger partial charge is 0.384 e. The second-order valence-corrected chi connectivity index (χ2v) is 11.1. The van der Waals surface area contributed by atoms with Crippen LogP contribution >= 0.6 is 11.6 Å². The van der Waals surface area contributed by atoms with Gasteiger partial charge in [-0.25, -0.2) is 0 Å². The van der Waals surface area contributed by atoms with Gasteiger partial charge in [0, 0.05) is 55.5 Å². The normalized spacial score (nSPS) is 26.1. The lowest BCUT2D eigenvalue weighted by Gasteiger charge is -2.51. The van der Waals surface area contributed by atoms with E-state index in [4.69, 9.17) is 11.6 Å². The number of likely N-dealkylation sites (tertiary alicyclic amines) is 2. The Kier molecular flexibility index (Phi) is 7.98. The van der Waals surface area contributed by atoms with E-state index >= 15 is 0 Å². The number of hydrogen-bond donors (Lipinski definition) is 2. The van der Waals surface area contributed by atoms with E-state index in [2.05, 4.69) is 5.32 Å². The van der Waals surface area contributed by atoms with Crippen molar-refractivity contribution in [2.45, 2.75) is 78.0 Å². The smallest absolute Gasteiger partial charge is 0.227 e. The molecule has 0 aromatic heterocycles.